The summed E-state index contributed by atoms with van der Waals surface area (Å²) in [5, 5.41) is 3.97. The molecule has 1 aliphatic heterocycles. The van der Waals surface area contributed by atoms with Gasteiger partial charge in [-0.15, -0.1) is 0 Å². The van der Waals surface area contributed by atoms with Gasteiger partial charge in [0.05, 0.1) is 24.9 Å². The third-order valence-electron chi connectivity index (χ3n) is 6.05. The molecule has 6 nitrogen and oxygen atoms in total. The second-order valence-electron chi connectivity index (χ2n) is 8.19. The number of rotatable bonds is 5. The Hall–Kier alpha value is -3.55. The van der Waals surface area contributed by atoms with Crippen LogP contribution in [0.5, 0.6) is 0 Å². The summed E-state index contributed by atoms with van der Waals surface area (Å²) in [6, 6.07) is 17.3. The van der Waals surface area contributed by atoms with Crippen LogP contribution in [0.1, 0.15) is 33.4 Å². The van der Waals surface area contributed by atoms with E-state index in [0.29, 0.717) is 24.5 Å². The van der Waals surface area contributed by atoms with Crippen molar-refractivity contribution in [3.8, 4) is 0 Å². The lowest BCUT2D eigenvalue weighted by molar-refractivity contribution is 0.0234. The minimum absolute atomic E-state index is 0.0353. The summed E-state index contributed by atoms with van der Waals surface area (Å²) in [4.78, 5) is 23.2. The maximum Gasteiger partial charge on any atom is 0.255 e. The molecule has 0 bridgehead atoms. The van der Waals surface area contributed by atoms with Crippen molar-refractivity contribution in [2.24, 2.45) is 0 Å². The fourth-order valence-electron chi connectivity index (χ4n) is 4.47. The van der Waals surface area contributed by atoms with Gasteiger partial charge in [-0.05, 0) is 61.5 Å². The number of halogens is 1. The summed E-state index contributed by atoms with van der Waals surface area (Å²) in [6.45, 7) is 5.07. The Morgan fingerprint density at radius 3 is 2.64 bits per heavy atom. The standard InChI is InChI=1S/C26H25FN4O2/c1-17-24(25(23-4-2-3-11-28-23)31-12-14-33-15-13-31)21-16-20(9-10-22(21)29-17)30-26(32)18-5-7-19(27)8-6-18/h2-11,16,25,29H,12-15H2,1H3,(H,30,32)/t25-/m1/s1. The number of nitrogens with one attached hydrogen (secondary N) is 2. The van der Waals surface area contributed by atoms with Gasteiger partial charge in [0.25, 0.3) is 5.91 Å². The Kier molecular flexibility index (Phi) is 5.90. The van der Waals surface area contributed by atoms with E-state index < -0.39 is 0 Å². The highest BCUT2D eigenvalue weighted by Gasteiger charge is 2.29. The zero-order chi connectivity index (χ0) is 22.8. The molecular weight excluding hydrogens is 419 g/mol. The van der Waals surface area contributed by atoms with Gasteiger partial charge in [0.15, 0.2) is 0 Å². The molecule has 1 amide bonds. The maximum absolute atomic E-state index is 13.2. The smallest absolute Gasteiger partial charge is 0.255 e. The van der Waals surface area contributed by atoms with E-state index in [0.717, 1.165) is 40.9 Å². The van der Waals surface area contributed by atoms with Crippen molar-refractivity contribution < 1.29 is 13.9 Å². The van der Waals surface area contributed by atoms with E-state index in [1.54, 1.807) is 0 Å². The minimum Gasteiger partial charge on any atom is -0.379 e. The number of H-pyrrole nitrogens is 1. The van der Waals surface area contributed by atoms with Crippen LogP contribution in [0.25, 0.3) is 10.9 Å². The normalized spacial score (nSPS) is 15.5. The number of carbonyl (C=O) groups is 1. The largest absolute Gasteiger partial charge is 0.379 e. The van der Waals surface area contributed by atoms with E-state index in [1.165, 1.54) is 24.3 Å². The van der Waals surface area contributed by atoms with Gasteiger partial charge in [-0.3, -0.25) is 14.7 Å². The molecular formula is C26H25FN4O2. The summed E-state index contributed by atoms with van der Waals surface area (Å²) < 4.78 is 18.8. The van der Waals surface area contributed by atoms with E-state index in [1.807, 2.05) is 36.5 Å². The number of fused-ring (bicyclic) bond motifs is 1. The maximum atomic E-state index is 13.2. The first-order valence-electron chi connectivity index (χ1n) is 11.0. The molecule has 2 aromatic heterocycles. The van der Waals surface area contributed by atoms with E-state index in [9.17, 15) is 9.18 Å². The minimum atomic E-state index is -0.371. The second kappa shape index (κ2) is 9.13. The van der Waals surface area contributed by atoms with E-state index in [4.69, 9.17) is 4.74 Å². The zero-order valence-electron chi connectivity index (χ0n) is 18.3. The molecule has 1 aliphatic rings. The van der Waals surface area contributed by atoms with Crippen LogP contribution in [-0.2, 0) is 4.74 Å². The van der Waals surface area contributed by atoms with Crippen LogP contribution in [0.2, 0.25) is 0 Å². The number of hydrogen-bond acceptors (Lipinski definition) is 4. The Bertz CT molecular complexity index is 1260. The van der Waals surface area contributed by atoms with Gasteiger partial charge in [-0.1, -0.05) is 6.07 Å². The quantitative estimate of drug-likeness (QED) is 0.469. The highest BCUT2D eigenvalue weighted by molar-refractivity contribution is 6.05. The van der Waals surface area contributed by atoms with E-state index in [-0.39, 0.29) is 17.8 Å². The molecule has 0 spiro atoms. The van der Waals surface area contributed by atoms with E-state index in [2.05, 4.69) is 33.2 Å². The van der Waals surface area contributed by atoms with Gasteiger partial charge in [0.2, 0.25) is 0 Å². The number of hydrogen-bond donors (Lipinski definition) is 2. The van der Waals surface area contributed by atoms with Crippen LogP contribution in [0.4, 0.5) is 10.1 Å². The summed E-state index contributed by atoms with van der Waals surface area (Å²) in [5.74, 6) is -0.651. The number of amides is 1. The summed E-state index contributed by atoms with van der Waals surface area (Å²) in [6.07, 6.45) is 1.82. The number of anilines is 1. The summed E-state index contributed by atoms with van der Waals surface area (Å²) in [7, 11) is 0. The first-order chi connectivity index (χ1) is 16.1. The van der Waals surface area contributed by atoms with Crippen molar-refractivity contribution in [3.05, 3.63) is 95.2 Å². The Morgan fingerprint density at radius 2 is 1.91 bits per heavy atom. The lowest BCUT2D eigenvalue weighted by atomic mass is 9.97. The molecule has 1 atom stereocenters. The third kappa shape index (κ3) is 4.37. The topological polar surface area (TPSA) is 70.2 Å². The zero-order valence-corrected chi connectivity index (χ0v) is 18.3. The first kappa shape index (κ1) is 21.3. The average molecular weight is 445 g/mol. The molecule has 2 N–H and O–H groups in total. The number of aryl methyl sites for hydroxylation is 1. The van der Waals surface area contributed by atoms with Gasteiger partial charge < -0.3 is 15.0 Å². The van der Waals surface area contributed by atoms with Crippen LogP contribution in [-0.4, -0.2) is 47.1 Å². The summed E-state index contributed by atoms with van der Waals surface area (Å²) >= 11 is 0. The monoisotopic (exact) mass is 444 g/mol. The van der Waals surface area contributed by atoms with Gasteiger partial charge in [0.1, 0.15) is 5.82 Å². The molecule has 7 heteroatoms. The Balaban J connectivity index is 1.54. The van der Waals surface area contributed by atoms with Gasteiger partial charge in [-0.2, -0.15) is 0 Å². The lowest BCUT2D eigenvalue weighted by Gasteiger charge is -2.34. The highest BCUT2D eigenvalue weighted by Crippen LogP contribution is 2.37. The molecule has 2 aromatic carbocycles. The molecule has 1 fully saturated rings. The van der Waals surface area contributed by atoms with Crippen molar-refractivity contribution in [2.45, 2.75) is 13.0 Å². The van der Waals surface area contributed by atoms with E-state index >= 15 is 0 Å². The Labute approximate surface area is 191 Å². The number of benzene rings is 2. The number of nitrogens with zero attached hydrogens (tertiary/aromatic N) is 2. The second-order valence-corrected chi connectivity index (χ2v) is 8.19. The fraction of sp³-hybridized carbons (Fsp3) is 0.231. The van der Waals surface area contributed by atoms with Crippen LogP contribution in [0.15, 0.2) is 66.9 Å². The van der Waals surface area contributed by atoms with Crippen LogP contribution < -0.4 is 5.32 Å². The average Bonchev–Trinajstić information content (AvgIpc) is 3.16. The molecule has 1 saturated heterocycles. The van der Waals surface area contributed by atoms with Gasteiger partial charge in [-0.25, -0.2) is 4.39 Å². The number of aromatic nitrogens is 2. The SMILES string of the molecule is Cc1[nH]c2ccc(NC(=O)c3ccc(F)cc3)cc2c1[C@@H](c1ccccn1)N1CCOCC1. The number of pyridine rings is 1. The lowest BCUT2D eigenvalue weighted by Crippen LogP contribution is -2.40. The van der Waals surface area contributed by atoms with Crippen molar-refractivity contribution in [1.82, 2.24) is 14.9 Å². The fourth-order valence-corrected chi connectivity index (χ4v) is 4.47. The first-order valence-corrected chi connectivity index (χ1v) is 11.0. The number of ether oxygens (including phenoxy) is 1. The van der Waals surface area contributed by atoms with Crippen molar-refractivity contribution in [1.29, 1.82) is 0 Å². The predicted molar refractivity (Wildman–Crippen MR) is 126 cm³/mol. The third-order valence-corrected chi connectivity index (χ3v) is 6.05. The number of aromatic amines is 1. The number of carbonyl (C=O) groups excluding carboxylic acids is 1. The molecule has 3 heterocycles. The highest BCUT2D eigenvalue weighted by atomic mass is 19.1. The van der Waals surface area contributed by atoms with Gasteiger partial charge in [0, 0.05) is 52.7 Å². The van der Waals surface area contributed by atoms with Crippen molar-refractivity contribution in [2.75, 3.05) is 31.6 Å². The van der Waals surface area contributed by atoms with Crippen LogP contribution in [0, 0.1) is 12.7 Å². The molecule has 4 aromatic rings. The van der Waals surface area contributed by atoms with Crippen molar-refractivity contribution >= 4 is 22.5 Å². The molecule has 168 valence electrons. The van der Waals surface area contributed by atoms with Crippen molar-refractivity contribution in [3.63, 3.8) is 0 Å². The van der Waals surface area contributed by atoms with Gasteiger partial charge >= 0.3 is 0 Å². The molecule has 0 saturated carbocycles. The van der Waals surface area contributed by atoms with Crippen LogP contribution >= 0.6 is 0 Å². The summed E-state index contributed by atoms with van der Waals surface area (Å²) in [5.41, 5.74) is 5.26. The molecule has 0 radical (unpaired) electrons. The number of morpholine rings is 1. The molecule has 0 aliphatic carbocycles. The van der Waals surface area contributed by atoms with Crippen LogP contribution in [0.3, 0.4) is 0 Å². The Morgan fingerprint density at radius 1 is 1.12 bits per heavy atom. The predicted octanol–water partition coefficient (Wildman–Crippen LogP) is 4.68. The molecule has 33 heavy (non-hydrogen) atoms. The molecule has 0 unspecified atom stereocenters. The molecule has 5 rings (SSSR count).